The Balaban J connectivity index is 1.34. The van der Waals surface area contributed by atoms with E-state index in [1.807, 2.05) is 12.1 Å². The number of fused-ring (bicyclic) bond motifs is 2. The van der Waals surface area contributed by atoms with Crippen molar-refractivity contribution >= 4 is 23.2 Å². The molecule has 136 valence electrons. The second-order valence-corrected chi connectivity index (χ2v) is 7.79. The Morgan fingerprint density at radius 2 is 1.69 bits per heavy atom. The third kappa shape index (κ3) is 4.26. The summed E-state index contributed by atoms with van der Waals surface area (Å²) in [5, 5.41) is 3.55. The van der Waals surface area contributed by atoms with Gasteiger partial charge in [0.2, 0.25) is 0 Å². The Kier molecular flexibility index (Phi) is 5.25. The van der Waals surface area contributed by atoms with E-state index in [-0.39, 0.29) is 5.91 Å². The molecule has 5 heteroatoms. The van der Waals surface area contributed by atoms with E-state index in [2.05, 4.69) is 22.3 Å². The van der Waals surface area contributed by atoms with Crippen LogP contribution in [0.25, 0.3) is 0 Å². The topological polar surface area (TPSA) is 41.6 Å². The number of nitrogens with zero attached hydrogens (tertiary/aromatic N) is 1. The Bertz CT molecular complexity index is 749. The molecular formula is C21H23ClN2O2. The van der Waals surface area contributed by atoms with Crippen LogP contribution >= 0.6 is 11.6 Å². The summed E-state index contributed by atoms with van der Waals surface area (Å²) in [5.41, 5.74) is 2.67. The minimum atomic E-state index is -0.127. The lowest BCUT2D eigenvalue weighted by atomic mass is 9.88. The number of anilines is 1. The minimum Gasteiger partial charge on any atom is -0.381 e. The molecule has 2 atom stereocenters. The maximum atomic E-state index is 12.3. The number of rotatable bonds is 4. The zero-order valence-electron chi connectivity index (χ0n) is 14.7. The van der Waals surface area contributed by atoms with Gasteiger partial charge in [-0.05, 0) is 60.2 Å². The number of benzene rings is 2. The van der Waals surface area contributed by atoms with Crippen LogP contribution in [-0.2, 0) is 11.3 Å². The highest BCUT2D eigenvalue weighted by atomic mass is 35.5. The highest BCUT2D eigenvalue weighted by molar-refractivity contribution is 6.30. The molecule has 2 fully saturated rings. The molecule has 4 nitrogen and oxygen atoms in total. The van der Waals surface area contributed by atoms with Crippen molar-refractivity contribution in [3.63, 3.8) is 0 Å². The first-order chi connectivity index (χ1) is 12.7. The summed E-state index contributed by atoms with van der Waals surface area (Å²) in [6.07, 6.45) is 1.31. The van der Waals surface area contributed by atoms with E-state index in [0.29, 0.717) is 22.4 Å². The van der Waals surface area contributed by atoms with Crippen LogP contribution in [0.4, 0.5) is 5.69 Å². The van der Waals surface area contributed by atoms with Gasteiger partial charge in [0.05, 0.1) is 13.2 Å². The van der Waals surface area contributed by atoms with Gasteiger partial charge in [0.25, 0.3) is 5.91 Å². The van der Waals surface area contributed by atoms with Crippen molar-refractivity contribution in [2.45, 2.75) is 13.0 Å². The maximum Gasteiger partial charge on any atom is 0.255 e. The highest BCUT2D eigenvalue weighted by Gasteiger charge is 2.30. The van der Waals surface area contributed by atoms with E-state index >= 15 is 0 Å². The molecule has 0 spiro atoms. The monoisotopic (exact) mass is 370 g/mol. The molecule has 2 heterocycles. The highest BCUT2D eigenvalue weighted by Crippen LogP contribution is 2.28. The number of amides is 1. The molecule has 26 heavy (non-hydrogen) atoms. The Morgan fingerprint density at radius 3 is 2.35 bits per heavy atom. The molecule has 1 N–H and O–H groups in total. The van der Waals surface area contributed by atoms with Crippen LogP contribution in [0, 0.1) is 11.8 Å². The third-order valence-electron chi connectivity index (χ3n) is 5.13. The van der Waals surface area contributed by atoms with Crippen molar-refractivity contribution in [2.75, 3.05) is 31.6 Å². The van der Waals surface area contributed by atoms with Crippen molar-refractivity contribution in [1.82, 2.24) is 4.90 Å². The third-order valence-corrected chi connectivity index (χ3v) is 5.38. The summed E-state index contributed by atoms with van der Waals surface area (Å²) in [6, 6.07) is 15.0. The average Bonchev–Trinajstić information content (AvgIpc) is 2.63. The largest absolute Gasteiger partial charge is 0.381 e. The number of nitrogens with one attached hydrogen (secondary N) is 1. The second kappa shape index (κ2) is 7.78. The Morgan fingerprint density at radius 1 is 1.04 bits per heavy atom. The van der Waals surface area contributed by atoms with Crippen molar-refractivity contribution < 1.29 is 9.53 Å². The summed E-state index contributed by atoms with van der Waals surface area (Å²) >= 11 is 5.86. The van der Waals surface area contributed by atoms with E-state index in [0.717, 1.165) is 38.5 Å². The van der Waals surface area contributed by atoms with Crippen LogP contribution in [-0.4, -0.2) is 37.1 Å². The van der Waals surface area contributed by atoms with E-state index < -0.39 is 0 Å². The average molecular weight is 371 g/mol. The summed E-state index contributed by atoms with van der Waals surface area (Å²) in [5.74, 6) is 1.24. The molecule has 0 unspecified atom stereocenters. The zero-order valence-corrected chi connectivity index (χ0v) is 15.4. The number of likely N-dealkylation sites (tertiary alicyclic amines) is 1. The molecule has 1 amide bonds. The van der Waals surface area contributed by atoms with E-state index in [4.69, 9.17) is 16.3 Å². The van der Waals surface area contributed by atoms with Gasteiger partial charge in [-0.25, -0.2) is 0 Å². The maximum absolute atomic E-state index is 12.3. The predicted octanol–water partition coefficient (Wildman–Crippen LogP) is 4.06. The minimum absolute atomic E-state index is 0.127. The van der Waals surface area contributed by atoms with Crippen LogP contribution in [0.3, 0.4) is 0 Å². The number of ether oxygens (including phenoxy) is 1. The summed E-state index contributed by atoms with van der Waals surface area (Å²) in [4.78, 5) is 14.8. The number of hydrogen-bond acceptors (Lipinski definition) is 3. The van der Waals surface area contributed by atoms with Gasteiger partial charge in [0.15, 0.2) is 0 Å². The number of piperidine rings is 1. The van der Waals surface area contributed by atoms with Gasteiger partial charge in [-0.1, -0.05) is 23.7 Å². The van der Waals surface area contributed by atoms with Crippen LogP contribution < -0.4 is 5.32 Å². The lowest BCUT2D eigenvalue weighted by molar-refractivity contribution is -0.0425. The summed E-state index contributed by atoms with van der Waals surface area (Å²) in [6.45, 7) is 5.00. The fourth-order valence-corrected chi connectivity index (χ4v) is 4.08. The number of hydrogen-bond donors (Lipinski definition) is 1. The molecule has 0 aromatic heterocycles. The van der Waals surface area contributed by atoms with E-state index in [1.54, 1.807) is 24.3 Å². The first-order valence-corrected chi connectivity index (χ1v) is 9.49. The summed E-state index contributed by atoms with van der Waals surface area (Å²) in [7, 11) is 0. The summed E-state index contributed by atoms with van der Waals surface area (Å²) < 4.78 is 5.66. The fourth-order valence-electron chi connectivity index (χ4n) is 3.95. The van der Waals surface area contributed by atoms with Gasteiger partial charge in [-0.3, -0.25) is 9.69 Å². The molecule has 2 aromatic carbocycles. The number of carbonyl (C=O) groups excluding carboxylic acids is 1. The normalized spacial score (nSPS) is 22.8. The smallest absolute Gasteiger partial charge is 0.255 e. The lowest BCUT2D eigenvalue weighted by Crippen LogP contribution is -2.46. The molecule has 2 aromatic rings. The standard InChI is InChI=1S/C21H23ClN2O2/c22-19-5-3-18(4-6-19)21(25)23-20-7-1-15(2-8-20)10-24-11-16-9-17(12-24)14-26-13-16/h1-8,16-17H,9-14H2,(H,23,25)/t16-,17-/m1/s1. The van der Waals surface area contributed by atoms with Gasteiger partial charge in [-0.2, -0.15) is 0 Å². The number of carbonyl (C=O) groups is 1. The van der Waals surface area contributed by atoms with Crippen molar-refractivity contribution in [3.05, 3.63) is 64.7 Å². The molecule has 4 rings (SSSR count). The number of halogens is 1. The van der Waals surface area contributed by atoms with Crippen LogP contribution in [0.2, 0.25) is 5.02 Å². The fraction of sp³-hybridized carbons (Fsp3) is 0.381. The van der Waals surface area contributed by atoms with Gasteiger partial charge in [0.1, 0.15) is 0 Å². The van der Waals surface area contributed by atoms with Gasteiger partial charge in [-0.15, -0.1) is 0 Å². The van der Waals surface area contributed by atoms with Crippen molar-refractivity contribution in [1.29, 1.82) is 0 Å². The quantitative estimate of drug-likeness (QED) is 0.882. The zero-order chi connectivity index (χ0) is 17.9. The van der Waals surface area contributed by atoms with Gasteiger partial charge < -0.3 is 10.1 Å². The van der Waals surface area contributed by atoms with Crippen molar-refractivity contribution in [3.8, 4) is 0 Å². The van der Waals surface area contributed by atoms with E-state index in [1.165, 1.54) is 12.0 Å². The predicted molar refractivity (Wildman–Crippen MR) is 104 cm³/mol. The van der Waals surface area contributed by atoms with E-state index in [9.17, 15) is 4.79 Å². The molecule has 2 aliphatic heterocycles. The van der Waals surface area contributed by atoms with Crippen LogP contribution in [0.5, 0.6) is 0 Å². The molecule has 2 aliphatic rings. The Labute approximate surface area is 159 Å². The van der Waals surface area contributed by atoms with Crippen molar-refractivity contribution in [2.24, 2.45) is 11.8 Å². The van der Waals surface area contributed by atoms with Crippen LogP contribution in [0.15, 0.2) is 48.5 Å². The van der Waals surface area contributed by atoms with Gasteiger partial charge in [0, 0.05) is 35.9 Å². The molecule has 0 radical (unpaired) electrons. The molecular weight excluding hydrogens is 348 g/mol. The molecule has 2 bridgehead atoms. The van der Waals surface area contributed by atoms with Crippen LogP contribution in [0.1, 0.15) is 22.3 Å². The van der Waals surface area contributed by atoms with Gasteiger partial charge >= 0.3 is 0 Å². The molecule has 0 aliphatic carbocycles. The lowest BCUT2D eigenvalue weighted by Gasteiger charge is -2.41. The molecule has 0 saturated carbocycles. The molecule has 2 saturated heterocycles. The second-order valence-electron chi connectivity index (χ2n) is 7.36. The first-order valence-electron chi connectivity index (χ1n) is 9.11. The first kappa shape index (κ1) is 17.5. The Hall–Kier alpha value is -1.88. The SMILES string of the molecule is O=C(Nc1ccc(CN2C[C@@H]3COC[C@H](C3)C2)cc1)c1ccc(Cl)cc1.